The van der Waals surface area contributed by atoms with Crippen LogP contribution in [0.25, 0.3) is 11.2 Å². The molecule has 2 aromatic heterocycles. The lowest BCUT2D eigenvalue weighted by Crippen LogP contribution is -2.44. The summed E-state index contributed by atoms with van der Waals surface area (Å²) in [7, 11) is -2.07. The van der Waals surface area contributed by atoms with Crippen LogP contribution in [0.4, 0.5) is 15.5 Å². The van der Waals surface area contributed by atoms with E-state index in [0.717, 1.165) is 0 Å². The highest BCUT2D eigenvalue weighted by atomic mass is 31.2. The molecule has 2 aromatic rings. The zero-order chi connectivity index (χ0) is 31.2. The SMILES string of the molecule is COc1nc(N(C(=O)OC(C)(C)C)C(=O)OC(C)(C)C)nc2c1ncn2OCCC=CP(=O)(OC(C)C)OC(C)C. The quantitative estimate of drug-likeness (QED) is 0.224. The molecule has 0 aliphatic rings. The van der Waals surface area contributed by atoms with E-state index in [4.69, 9.17) is 28.1 Å². The van der Waals surface area contributed by atoms with Gasteiger partial charge in [-0.2, -0.15) is 14.7 Å². The summed E-state index contributed by atoms with van der Waals surface area (Å²) in [6, 6.07) is 0. The Morgan fingerprint density at radius 1 is 0.976 bits per heavy atom. The molecule has 15 heteroatoms. The molecule has 0 radical (unpaired) electrons. The summed E-state index contributed by atoms with van der Waals surface area (Å²) in [5.74, 6) is 1.04. The van der Waals surface area contributed by atoms with Crippen LogP contribution in [0.3, 0.4) is 0 Å². The van der Waals surface area contributed by atoms with E-state index >= 15 is 0 Å². The molecule has 0 atom stereocenters. The average molecular weight is 600 g/mol. The first-order valence-corrected chi connectivity index (χ1v) is 14.8. The number of imide groups is 1. The highest BCUT2D eigenvalue weighted by Crippen LogP contribution is 2.52. The van der Waals surface area contributed by atoms with Gasteiger partial charge in [0.1, 0.15) is 24.1 Å². The summed E-state index contributed by atoms with van der Waals surface area (Å²) in [6.45, 7) is 17.1. The van der Waals surface area contributed by atoms with Crippen LogP contribution in [-0.4, -0.2) is 69.0 Å². The molecule has 230 valence electrons. The van der Waals surface area contributed by atoms with Crippen LogP contribution in [0.1, 0.15) is 75.7 Å². The van der Waals surface area contributed by atoms with Gasteiger partial charge in [0.15, 0.2) is 5.52 Å². The standard InChI is InChI=1S/C26H42N5O9P/c1-17(2)39-41(34,40-18(3)4)15-13-12-14-36-30-16-27-19-20(30)28-22(29-21(19)35-11)31(23(32)37-25(5,6)7)24(33)38-26(8,9)10/h13,15-18H,12,14H2,1-11H3. The van der Waals surface area contributed by atoms with Crippen molar-refractivity contribution in [2.24, 2.45) is 0 Å². The molecule has 0 aliphatic carbocycles. The Labute approximate surface area is 240 Å². The van der Waals surface area contributed by atoms with Crippen LogP contribution in [0.5, 0.6) is 5.88 Å². The lowest BCUT2D eigenvalue weighted by Gasteiger charge is -2.27. The third-order valence-corrected chi connectivity index (χ3v) is 6.39. The first-order chi connectivity index (χ1) is 18.8. The molecule has 0 bridgehead atoms. The van der Waals surface area contributed by atoms with Crippen molar-refractivity contribution in [3.05, 3.63) is 18.2 Å². The zero-order valence-electron chi connectivity index (χ0n) is 25.7. The number of methoxy groups -OCH3 is 1. The molecular weight excluding hydrogens is 557 g/mol. The number of hydrogen-bond donors (Lipinski definition) is 0. The van der Waals surface area contributed by atoms with Crippen LogP contribution in [0.15, 0.2) is 18.2 Å². The number of nitrogens with zero attached hydrogens (tertiary/aromatic N) is 5. The predicted octanol–water partition coefficient (Wildman–Crippen LogP) is 5.89. The summed E-state index contributed by atoms with van der Waals surface area (Å²) in [5.41, 5.74) is -1.51. The topological polar surface area (TPSA) is 153 Å². The van der Waals surface area contributed by atoms with Crippen molar-refractivity contribution in [1.29, 1.82) is 0 Å². The summed E-state index contributed by atoms with van der Waals surface area (Å²) in [5, 5.41) is 0. The molecule has 14 nitrogen and oxygen atoms in total. The van der Waals surface area contributed by atoms with Gasteiger partial charge in [-0.05, 0) is 69.2 Å². The Morgan fingerprint density at radius 2 is 1.51 bits per heavy atom. The number of amides is 2. The third-order valence-electron chi connectivity index (χ3n) is 4.39. The van der Waals surface area contributed by atoms with E-state index in [1.165, 1.54) is 24.0 Å². The predicted molar refractivity (Wildman–Crippen MR) is 152 cm³/mol. The van der Waals surface area contributed by atoms with E-state index in [9.17, 15) is 14.2 Å². The highest BCUT2D eigenvalue weighted by molar-refractivity contribution is 7.57. The number of imidazole rings is 1. The maximum absolute atomic E-state index is 13.1. The van der Waals surface area contributed by atoms with E-state index in [-0.39, 0.29) is 41.8 Å². The Kier molecular flexibility index (Phi) is 11.3. The number of ether oxygens (including phenoxy) is 3. The fourth-order valence-corrected chi connectivity index (χ4v) is 4.91. The van der Waals surface area contributed by atoms with Crippen LogP contribution in [0.2, 0.25) is 0 Å². The summed E-state index contributed by atoms with van der Waals surface area (Å²) >= 11 is 0. The Balaban J connectivity index is 2.37. The molecule has 2 amide bonds. The molecule has 2 rings (SSSR count). The Bertz CT molecular complexity index is 1240. The van der Waals surface area contributed by atoms with Crippen molar-refractivity contribution < 1.29 is 42.2 Å². The van der Waals surface area contributed by atoms with Gasteiger partial charge in [-0.1, -0.05) is 6.08 Å². The lowest BCUT2D eigenvalue weighted by atomic mass is 10.2. The van der Waals surface area contributed by atoms with Gasteiger partial charge in [-0.25, -0.2) is 14.6 Å². The fourth-order valence-electron chi connectivity index (χ4n) is 3.14. The van der Waals surface area contributed by atoms with E-state index in [1.807, 2.05) is 0 Å². The minimum atomic E-state index is -3.43. The number of carbonyl (C=O) groups excluding carboxylic acids is 2. The van der Waals surface area contributed by atoms with Crippen LogP contribution in [0, 0.1) is 0 Å². The molecule has 0 saturated heterocycles. The van der Waals surface area contributed by atoms with Crippen molar-refractivity contribution in [2.45, 2.75) is 99.1 Å². The van der Waals surface area contributed by atoms with Gasteiger partial charge in [0.25, 0.3) is 0 Å². The smallest absolute Gasteiger partial charge is 0.427 e. The first-order valence-electron chi connectivity index (χ1n) is 13.2. The van der Waals surface area contributed by atoms with Crippen molar-refractivity contribution in [1.82, 2.24) is 19.7 Å². The molecule has 2 heterocycles. The molecule has 0 N–H and O–H groups in total. The Hall–Kier alpha value is -3.22. The molecule has 0 fully saturated rings. The number of fused-ring (bicyclic) bond motifs is 1. The van der Waals surface area contributed by atoms with Crippen LogP contribution < -0.4 is 14.5 Å². The fraction of sp³-hybridized carbons (Fsp3) is 0.654. The van der Waals surface area contributed by atoms with Crippen molar-refractivity contribution >= 4 is 36.9 Å². The van der Waals surface area contributed by atoms with Gasteiger partial charge < -0.3 is 28.1 Å². The van der Waals surface area contributed by atoms with Gasteiger partial charge in [-0.3, -0.25) is 4.57 Å². The third kappa shape index (κ3) is 10.6. The Morgan fingerprint density at radius 3 is 1.98 bits per heavy atom. The number of aromatic nitrogens is 4. The van der Waals surface area contributed by atoms with Crippen molar-refractivity contribution in [3.63, 3.8) is 0 Å². The largest absolute Gasteiger partial charge is 0.479 e. The van der Waals surface area contributed by atoms with Gasteiger partial charge in [0.2, 0.25) is 17.5 Å². The molecule has 0 unspecified atom stereocenters. The van der Waals surface area contributed by atoms with Crippen molar-refractivity contribution in [2.75, 3.05) is 18.6 Å². The number of rotatable bonds is 11. The summed E-state index contributed by atoms with van der Waals surface area (Å²) < 4.78 is 41.4. The normalized spacial score (nSPS) is 12.8. The number of carbonyl (C=O) groups is 2. The number of hydrogen-bond acceptors (Lipinski definition) is 12. The van der Waals surface area contributed by atoms with E-state index < -0.39 is 31.0 Å². The van der Waals surface area contributed by atoms with E-state index in [2.05, 4.69) is 15.0 Å². The maximum Gasteiger partial charge on any atom is 0.427 e. The second-order valence-corrected chi connectivity index (χ2v) is 13.2. The monoisotopic (exact) mass is 599 g/mol. The highest BCUT2D eigenvalue weighted by Gasteiger charge is 2.36. The summed E-state index contributed by atoms with van der Waals surface area (Å²) in [6.07, 6.45) is 0.658. The van der Waals surface area contributed by atoms with Crippen molar-refractivity contribution in [3.8, 4) is 5.88 Å². The molecule has 0 saturated carbocycles. The van der Waals surface area contributed by atoms with Gasteiger partial charge in [-0.15, -0.1) is 4.90 Å². The second kappa shape index (κ2) is 13.6. The maximum atomic E-state index is 13.1. The average Bonchev–Trinajstić information content (AvgIpc) is 3.17. The van der Waals surface area contributed by atoms with Gasteiger partial charge >= 0.3 is 19.8 Å². The molecule has 0 aliphatic heterocycles. The van der Waals surface area contributed by atoms with Gasteiger partial charge in [0.05, 0.1) is 19.3 Å². The molecule has 0 spiro atoms. The minimum Gasteiger partial charge on any atom is -0.479 e. The minimum absolute atomic E-state index is 0.0121. The second-order valence-electron chi connectivity index (χ2n) is 11.4. The molecule has 0 aromatic carbocycles. The first kappa shape index (κ1) is 34.0. The lowest BCUT2D eigenvalue weighted by molar-refractivity contribution is 0.0426. The van der Waals surface area contributed by atoms with E-state index in [0.29, 0.717) is 11.3 Å². The van der Waals surface area contributed by atoms with Crippen LogP contribution >= 0.6 is 7.60 Å². The molecule has 41 heavy (non-hydrogen) atoms. The van der Waals surface area contributed by atoms with Crippen LogP contribution in [-0.2, 0) is 23.1 Å². The van der Waals surface area contributed by atoms with E-state index in [1.54, 1.807) is 75.3 Å². The molecular formula is C26H42N5O9P. The number of anilines is 1. The summed E-state index contributed by atoms with van der Waals surface area (Å²) in [4.78, 5) is 45.3. The zero-order valence-corrected chi connectivity index (χ0v) is 26.6. The van der Waals surface area contributed by atoms with Gasteiger partial charge in [0, 0.05) is 12.2 Å².